The molecule has 2 aliphatic rings. The molecule has 0 unspecified atom stereocenters. The number of nitrogens with zero attached hydrogens (tertiary/aromatic N) is 5. The summed E-state index contributed by atoms with van der Waals surface area (Å²) in [4.78, 5) is 18.9. The van der Waals surface area contributed by atoms with Gasteiger partial charge in [0.15, 0.2) is 23.1 Å². The van der Waals surface area contributed by atoms with Gasteiger partial charge >= 0.3 is 0 Å². The summed E-state index contributed by atoms with van der Waals surface area (Å²) in [5.41, 5.74) is 0.789. The molecular weight excluding hydrogens is 438 g/mol. The largest absolute Gasteiger partial charge is 0.493 e. The zero-order chi connectivity index (χ0) is 23.9. The summed E-state index contributed by atoms with van der Waals surface area (Å²) < 4.78 is 21.5. The number of piperazine rings is 1. The summed E-state index contributed by atoms with van der Waals surface area (Å²) in [5, 5.41) is 8.81. The maximum atomic E-state index is 12.8. The normalized spacial score (nSPS) is 16.6. The van der Waals surface area contributed by atoms with Crippen LogP contribution in [0.3, 0.4) is 0 Å². The molecule has 0 radical (unpaired) electrons. The van der Waals surface area contributed by atoms with Crippen molar-refractivity contribution in [3.05, 3.63) is 35.9 Å². The van der Waals surface area contributed by atoms with Crippen LogP contribution in [0, 0.1) is 0 Å². The van der Waals surface area contributed by atoms with Gasteiger partial charge in [-0.15, -0.1) is 10.2 Å². The van der Waals surface area contributed by atoms with E-state index in [0.717, 1.165) is 30.3 Å². The van der Waals surface area contributed by atoms with Crippen molar-refractivity contribution in [1.82, 2.24) is 15.1 Å². The first-order valence-electron chi connectivity index (χ1n) is 11.3. The molecule has 1 aromatic heterocycles. The van der Waals surface area contributed by atoms with Gasteiger partial charge in [0.25, 0.3) is 0 Å². The van der Waals surface area contributed by atoms with E-state index >= 15 is 0 Å². The van der Waals surface area contributed by atoms with Crippen molar-refractivity contribution in [1.29, 1.82) is 0 Å². The molecule has 182 valence electrons. The molecule has 1 amide bonds. The van der Waals surface area contributed by atoms with Crippen LogP contribution >= 0.6 is 0 Å². The Balaban J connectivity index is 1.33. The first kappa shape index (κ1) is 23.6. The number of hydrogen-bond donors (Lipinski definition) is 0. The second kappa shape index (κ2) is 11.1. The number of morpholine rings is 1. The number of rotatable bonds is 7. The molecule has 10 heteroatoms. The second-order valence-corrected chi connectivity index (χ2v) is 7.95. The Hall–Kier alpha value is -3.53. The number of carbonyl (C=O) groups excluding carboxylic acids is 1. The van der Waals surface area contributed by atoms with Gasteiger partial charge < -0.3 is 33.6 Å². The molecule has 1 aromatic carbocycles. The lowest BCUT2D eigenvalue weighted by atomic mass is 10.1. The first-order chi connectivity index (χ1) is 16.6. The van der Waals surface area contributed by atoms with E-state index in [0.29, 0.717) is 56.6 Å². The maximum absolute atomic E-state index is 12.8. The lowest BCUT2D eigenvalue weighted by Crippen LogP contribution is -2.48. The number of carbonyl (C=O) groups is 1. The molecule has 0 atom stereocenters. The van der Waals surface area contributed by atoms with Crippen LogP contribution in [0.25, 0.3) is 6.08 Å². The third-order valence-electron chi connectivity index (χ3n) is 5.99. The maximum Gasteiger partial charge on any atom is 0.246 e. The number of anilines is 2. The van der Waals surface area contributed by atoms with Crippen LogP contribution in [0.2, 0.25) is 0 Å². The number of hydrogen-bond acceptors (Lipinski definition) is 9. The van der Waals surface area contributed by atoms with E-state index in [9.17, 15) is 4.79 Å². The van der Waals surface area contributed by atoms with E-state index < -0.39 is 0 Å². The summed E-state index contributed by atoms with van der Waals surface area (Å²) in [6.07, 6.45) is 3.34. The van der Waals surface area contributed by atoms with Crippen LogP contribution < -0.4 is 24.0 Å². The van der Waals surface area contributed by atoms with Crippen LogP contribution in [0.5, 0.6) is 17.2 Å². The van der Waals surface area contributed by atoms with E-state index in [2.05, 4.69) is 20.0 Å². The molecule has 2 fully saturated rings. The third kappa shape index (κ3) is 5.33. The Bertz CT molecular complexity index is 974. The summed E-state index contributed by atoms with van der Waals surface area (Å²) in [7, 11) is 4.69. The van der Waals surface area contributed by atoms with E-state index in [1.54, 1.807) is 33.5 Å². The molecule has 10 nitrogen and oxygen atoms in total. The van der Waals surface area contributed by atoms with Crippen molar-refractivity contribution in [2.75, 3.05) is 83.6 Å². The van der Waals surface area contributed by atoms with Crippen LogP contribution in [0.4, 0.5) is 11.6 Å². The predicted octanol–water partition coefficient (Wildman–Crippen LogP) is 1.70. The standard InChI is InChI=1S/C24H31N5O5/c1-31-19-16-18(17-20(32-2)24(19)33-3)4-7-23(30)29-10-8-27(9-11-29)21-5-6-22(26-25-21)28-12-14-34-15-13-28/h4-7,16-17H,8-15H2,1-3H3/b7-4+. The minimum atomic E-state index is -0.0397. The minimum absolute atomic E-state index is 0.0397. The summed E-state index contributed by atoms with van der Waals surface area (Å²) in [5.74, 6) is 3.27. The molecule has 0 spiro atoms. The summed E-state index contributed by atoms with van der Waals surface area (Å²) in [6.45, 7) is 5.74. The zero-order valence-electron chi connectivity index (χ0n) is 19.9. The molecule has 3 heterocycles. The van der Waals surface area contributed by atoms with Crippen molar-refractivity contribution in [3.63, 3.8) is 0 Å². The Morgan fingerprint density at radius 3 is 1.91 bits per heavy atom. The molecule has 0 saturated carbocycles. The van der Waals surface area contributed by atoms with Gasteiger partial charge in [0.05, 0.1) is 34.5 Å². The second-order valence-electron chi connectivity index (χ2n) is 7.95. The number of ether oxygens (including phenoxy) is 4. The van der Waals surface area contributed by atoms with Gasteiger partial charge in [0, 0.05) is 45.3 Å². The number of methoxy groups -OCH3 is 3. The molecule has 0 N–H and O–H groups in total. The van der Waals surface area contributed by atoms with E-state index in [1.165, 1.54) is 0 Å². The monoisotopic (exact) mass is 469 g/mol. The highest BCUT2D eigenvalue weighted by atomic mass is 16.5. The van der Waals surface area contributed by atoms with Gasteiger partial charge in [0.1, 0.15) is 0 Å². The average Bonchev–Trinajstić information content (AvgIpc) is 2.91. The molecule has 0 aliphatic carbocycles. The van der Waals surface area contributed by atoms with Gasteiger partial charge in [-0.25, -0.2) is 0 Å². The fourth-order valence-electron chi connectivity index (χ4n) is 4.07. The zero-order valence-corrected chi connectivity index (χ0v) is 19.9. The van der Waals surface area contributed by atoms with Crippen LogP contribution in [-0.4, -0.2) is 94.8 Å². The van der Waals surface area contributed by atoms with Crippen molar-refractivity contribution < 1.29 is 23.7 Å². The number of amides is 1. The first-order valence-corrected chi connectivity index (χ1v) is 11.3. The highest BCUT2D eigenvalue weighted by molar-refractivity contribution is 5.92. The van der Waals surface area contributed by atoms with Crippen LogP contribution in [0.15, 0.2) is 30.3 Å². The van der Waals surface area contributed by atoms with Gasteiger partial charge in [-0.2, -0.15) is 0 Å². The Labute approximate surface area is 199 Å². The van der Waals surface area contributed by atoms with Gasteiger partial charge in [-0.1, -0.05) is 0 Å². The van der Waals surface area contributed by atoms with Crippen LogP contribution in [-0.2, 0) is 9.53 Å². The topological polar surface area (TPSA) is 89.5 Å². The molecule has 0 bridgehead atoms. The Kier molecular flexibility index (Phi) is 7.69. The van der Waals surface area contributed by atoms with E-state index in [1.807, 2.05) is 29.2 Å². The number of aromatic nitrogens is 2. The van der Waals surface area contributed by atoms with E-state index in [-0.39, 0.29) is 5.91 Å². The Morgan fingerprint density at radius 1 is 0.853 bits per heavy atom. The van der Waals surface area contributed by atoms with Gasteiger partial charge in [-0.05, 0) is 35.9 Å². The molecule has 4 rings (SSSR count). The average molecular weight is 470 g/mol. The van der Waals surface area contributed by atoms with Gasteiger partial charge in [-0.3, -0.25) is 4.79 Å². The highest BCUT2D eigenvalue weighted by Gasteiger charge is 2.22. The molecule has 2 saturated heterocycles. The van der Waals surface area contributed by atoms with Crippen molar-refractivity contribution in [3.8, 4) is 17.2 Å². The quantitative estimate of drug-likeness (QED) is 0.562. The molecule has 34 heavy (non-hydrogen) atoms. The van der Waals surface area contributed by atoms with Gasteiger partial charge in [0.2, 0.25) is 11.7 Å². The lowest BCUT2D eigenvalue weighted by Gasteiger charge is -2.35. The summed E-state index contributed by atoms with van der Waals surface area (Å²) >= 11 is 0. The molecule has 2 aromatic rings. The lowest BCUT2D eigenvalue weighted by molar-refractivity contribution is -0.126. The third-order valence-corrected chi connectivity index (χ3v) is 5.99. The van der Waals surface area contributed by atoms with Crippen molar-refractivity contribution in [2.24, 2.45) is 0 Å². The fourth-order valence-corrected chi connectivity index (χ4v) is 4.07. The van der Waals surface area contributed by atoms with Crippen molar-refractivity contribution in [2.45, 2.75) is 0 Å². The Morgan fingerprint density at radius 2 is 1.41 bits per heavy atom. The van der Waals surface area contributed by atoms with E-state index in [4.69, 9.17) is 18.9 Å². The smallest absolute Gasteiger partial charge is 0.246 e. The predicted molar refractivity (Wildman–Crippen MR) is 129 cm³/mol. The summed E-state index contributed by atoms with van der Waals surface area (Å²) in [6, 6.07) is 7.62. The number of benzene rings is 1. The minimum Gasteiger partial charge on any atom is -0.493 e. The molecule has 2 aliphatic heterocycles. The SMILES string of the molecule is COc1cc(/C=C/C(=O)N2CCN(c3ccc(N4CCOCC4)nn3)CC2)cc(OC)c1OC. The van der Waals surface area contributed by atoms with Crippen LogP contribution in [0.1, 0.15) is 5.56 Å². The fraction of sp³-hybridized carbons (Fsp3) is 0.458. The highest BCUT2D eigenvalue weighted by Crippen LogP contribution is 2.38. The van der Waals surface area contributed by atoms with Crippen molar-refractivity contribution >= 4 is 23.6 Å². The molecular formula is C24H31N5O5.